The van der Waals surface area contributed by atoms with Crippen LogP contribution in [-0.2, 0) is 12.8 Å². The maximum absolute atomic E-state index is 4.47. The number of aryl methyl sites for hydroxylation is 1. The Morgan fingerprint density at radius 1 is 1.19 bits per heavy atom. The maximum atomic E-state index is 4.47. The van der Waals surface area contributed by atoms with Crippen LogP contribution in [0.25, 0.3) is 10.8 Å². The van der Waals surface area contributed by atoms with Crippen molar-refractivity contribution >= 4 is 28.1 Å². The van der Waals surface area contributed by atoms with E-state index in [2.05, 4.69) is 76.9 Å². The summed E-state index contributed by atoms with van der Waals surface area (Å²) in [6.07, 6.45) is 3.94. The second kappa shape index (κ2) is 8.81. The van der Waals surface area contributed by atoms with E-state index in [-0.39, 0.29) is 6.04 Å². The lowest BCUT2D eigenvalue weighted by Crippen LogP contribution is -2.39. The molecule has 1 heterocycles. The fraction of sp³-hybridized carbons (Fsp3) is 0.333. The van der Waals surface area contributed by atoms with Crippen molar-refractivity contribution in [3.8, 4) is 0 Å². The Balaban J connectivity index is 1.60. The lowest BCUT2D eigenvalue weighted by molar-refractivity contribution is 0.688. The minimum atomic E-state index is 0.166. The van der Waals surface area contributed by atoms with Crippen molar-refractivity contribution in [1.29, 1.82) is 0 Å². The van der Waals surface area contributed by atoms with Crippen LogP contribution in [0.1, 0.15) is 35.3 Å². The summed E-state index contributed by atoms with van der Waals surface area (Å²) in [5.41, 5.74) is 1.28. The summed E-state index contributed by atoms with van der Waals surface area (Å²) in [7, 11) is 1.81. The number of rotatable bonds is 6. The van der Waals surface area contributed by atoms with Gasteiger partial charge in [-0.25, -0.2) is 4.98 Å². The van der Waals surface area contributed by atoms with Crippen molar-refractivity contribution in [3.63, 3.8) is 0 Å². The highest BCUT2D eigenvalue weighted by Gasteiger charge is 2.11. The number of guanidine groups is 1. The highest BCUT2D eigenvalue weighted by Crippen LogP contribution is 2.23. The van der Waals surface area contributed by atoms with Crippen molar-refractivity contribution < 1.29 is 0 Å². The zero-order chi connectivity index (χ0) is 18.4. The van der Waals surface area contributed by atoms with Crippen LogP contribution in [0.3, 0.4) is 0 Å². The molecule has 0 aliphatic carbocycles. The number of aliphatic imine (C=N–C) groups is 1. The largest absolute Gasteiger partial charge is 0.356 e. The van der Waals surface area contributed by atoms with Gasteiger partial charge in [0.25, 0.3) is 0 Å². The minimum absolute atomic E-state index is 0.166. The van der Waals surface area contributed by atoms with E-state index in [1.807, 2.05) is 13.2 Å². The Kier molecular flexibility index (Phi) is 6.23. The maximum Gasteiger partial charge on any atom is 0.191 e. The predicted molar refractivity (Wildman–Crippen MR) is 112 cm³/mol. The van der Waals surface area contributed by atoms with E-state index in [1.54, 1.807) is 11.3 Å². The molecule has 1 atom stereocenters. The predicted octanol–water partition coefficient (Wildman–Crippen LogP) is 4.33. The number of hydrogen-bond donors (Lipinski definition) is 2. The lowest BCUT2D eigenvalue weighted by atomic mass is 10.00. The van der Waals surface area contributed by atoms with Gasteiger partial charge in [-0.15, -0.1) is 11.3 Å². The van der Waals surface area contributed by atoms with E-state index in [4.69, 9.17) is 0 Å². The second-order valence-corrected chi connectivity index (χ2v) is 7.46. The zero-order valence-electron chi connectivity index (χ0n) is 15.6. The van der Waals surface area contributed by atoms with Gasteiger partial charge >= 0.3 is 0 Å². The molecule has 5 heteroatoms. The summed E-state index contributed by atoms with van der Waals surface area (Å²) in [6.45, 7) is 5.15. The Bertz CT molecular complexity index is 879. The van der Waals surface area contributed by atoms with Crippen LogP contribution in [0.4, 0.5) is 0 Å². The Morgan fingerprint density at radius 3 is 2.77 bits per heavy atom. The molecule has 0 aliphatic heterocycles. The first kappa shape index (κ1) is 18.4. The number of benzene rings is 2. The Labute approximate surface area is 159 Å². The molecule has 26 heavy (non-hydrogen) atoms. The van der Waals surface area contributed by atoms with Crippen LogP contribution in [0.2, 0.25) is 0 Å². The van der Waals surface area contributed by atoms with Crippen molar-refractivity contribution in [1.82, 2.24) is 15.6 Å². The summed E-state index contributed by atoms with van der Waals surface area (Å²) in [4.78, 5) is 10.2. The SMILES string of the molecule is CCc1cnc(CCNC(=NC)NC(C)c2cccc3ccccc23)s1. The monoisotopic (exact) mass is 366 g/mol. The molecule has 0 saturated heterocycles. The quantitative estimate of drug-likeness (QED) is 0.504. The standard InChI is InChI=1S/C21H26N4S/c1-4-17-14-24-20(26-17)12-13-23-21(22-3)25-15(2)18-11-7-9-16-8-5-6-10-19(16)18/h5-11,14-15H,4,12-13H2,1-3H3,(H2,22,23,25). The number of hydrogen-bond acceptors (Lipinski definition) is 3. The molecule has 2 aromatic carbocycles. The molecular formula is C21H26N4S. The molecule has 0 radical (unpaired) electrons. The van der Waals surface area contributed by atoms with E-state index >= 15 is 0 Å². The van der Waals surface area contributed by atoms with E-state index in [1.165, 1.54) is 26.2 Å². The van der Waals surface area contributed by atoms with Gasteiger partial charge in [0, 0.05) is 31.1 Å². The highest BCUT2D eigenvalue weighted by molar-refractivity contribution is 7.11. The lowest BCUT2D eigenvalue weighted by Gasteiger charge is -2.19. The molecule has 136 valence electrons. The topological polar surface area (TPSA) is 49.3 Å². The van der Waals surface area contributed by atoms with Gasteiger partial charge < -0.3 is 10.6 Å². The summed E-state index contributed by atoms with van der Waals surface area (Å²) in [5, 5.41) is 10.6. The van der Waals surface area contributed by atoms with Gasteiger partial charge in [-0.05, 0) is 29.7 Å². The molecule has 0 fully saturated rings. The molecule has 0 amide bonds. The Morgan fingerprint density at radius 2 is 2.00 bits per heavy atom. The summed E-state index contributed by atoms with van der Waals surface area (Å²) < 4.78 is 0. The number of nitrogens with one attached hydrogen (secondary N) is 2. The Hall–Kier alpha value is -2.40. The fourth-order valence-corrected chi connectivity index (χ4v) is 3.88. The van der Waals surface area contributed by atoms with Gasteiger partial charge in [0.2, 0.25) is 0 Å². The van der Waals surface area contributed by atoms with Crippen LogP contribution < -0.4 is 10.6 Å². The smallest absolute Gasteiger partial charge is 0.191 e. The van der Waals surface area contributed by atoms with Gasteiger partial charge in [-0.3, -0.25) is 4.99 Å². The molecule has 1 unspecified atom stereocenters. The highest BCUT2D eigenvalue weighted by atomic mass is 32.1. The average molecular weight is 367 g/mol. The molecule has 3 aromatic rings. The zero-order valence-corrected chi connectivity index (χ0v) is 16.4. The first-order chi connectivity index (χ1) is 12.7. The van der Waals surface area contributed by atoms with Gasteiger partial charge in [0.15, 0.2) is 5.96 Å². The van der Waals surface area contributed by atoms with Crippen molar-refractivity contribution in [2.24, 2.45) is 4.99 Å². The van der Waals surface area contributed by atoms with E-state index < -0.39 is 0 Å². The minimum Gasteiger partial charge on any atom is -0.356 e. The van der Waals surface area contributed by atoms with Crippen molar-refractivity contribution in [2.45, 2.75) is 32.7 Å². The van der Waals surface area contributed by atoms with Crippen LogP contribution in [-0.4, -0.2) is 24.5 Å². The third-order valence-electron chi connectivity index (χ3n) is 4.45. The van der Waals surface area contributed by atoms with E-state index in [9.17, 15) is 0 Å². The average Bonchev–Trinajstić information content (AvgIpc) is 3.14. The number of nitrogens with zero attached hydrogens (tertiary/aromatic N) is 2. The number of aromatic nitrogens is 1. The second-order valence-electron chi connectivity index (χ2n) is 6.26. The van der Waals surface area contributed by atoms with Crippen molar-refractivity contribution in [2.75, 3.05) is 13.6 Å². The molecule has 3 rings (SSSR count). The van der Waals surface area contributed by atoms with Crippen LogP contribution >= 0.6 is 11.3 Å². The molecule has 0 bridgehead atoms. The molecule has 2 N–H and O–H groups in total. The van der Waals surface area contributed by atoms with Gasteiger partial charge in [0.05, 0.1) is 11.0 Å². The third kappa shape index (κ3) is 4.41. The van der Waals surface area contributed by atoms with Crippen molar-refractivity contribution in [3.05, 3.63) is 64.1 Å². The summed E-state index contributed by atoms with van der Waals surface area (Å²) in [6, 6.07) is 15.1. The van der Waals surface area contributed by atoms with Gasteiger partial charge in [-0.1, -0.05) is 49.4 Å². The molecule has 4 nitrogen and oxygen atoms in total. The van der Waals surface area contributed by atoms with Gasteiger partial charge in [0.1, 0.15) is 0 Å². The normalized spacial score (nSPS) is 13.0. The van der Waals surface area contributed by atoms with Crippen LogP contribution in [0.15, 0.2) is 53.7 Å². The molecule has 0 saturated carbocycles. The molecule has 0 spiro atoms. The first-order valence-electron chi connectivity index (χ1n) is 9.09. The summed E-state index contributed by atoms with van der Waals surface area (Å²) in [5.74, 6) is 0.817. The summed E-state index contributed by atoms with van der Waals surface area (Å²) >= 11 is 1.79. The first-order valence-corrected chi connectivity index (χ1v) is 9.91. The van der Waals surface area contributed by atoms with Crippen LogP contribution in [0, 0.1) is 0 Å². The molecular weight excluding hydrogens is 340 g/mol. The van der Waals surface area contributed by atoms with E-state index in [0.717, 1.165) is 25.3 Å². The number of fused-ring (bicyclic) bond motifs is 1. The third-order valence-corrected chi connectivity index (χ3v) is 5.65. The van der Waals surface area contributed by atoms with Crippen LogP contribution in [0.5, 0.6) is 0 Å². The fourth-order valence-electron chi connectivity index (χ4n) is 3.02. The van der Waals surface area contributed by atoms with Gasteiger partial charge in [-0.2, -0.15) is 0 Å². The molecule has 0 aliphatic rings. The number of thiazole rings is 1. The van der Waals surface area contributed by atoms with E-state index in [0.29, 0.717) is 0 Å². The molecule has 1 aromatic heterocycles.